The maximum absolute atomic E-state index is 12.9. The van der Waals surface area contributed by atoms with E-state index in [1.165, 1.54) is 51.4 Å². The van der Waals surface area contributed by atoms with Gasteiger partial charge in [-0.2, -0.15) is 0 Å². The van der Waals surface area contributed by atoms with E-state index in [1.54, 1.807) is 0 Å². The van der Waals surface area contributed by atoms with Gasteiger partial charge in [-0.3, -0.25) is 4.79 Å². The molecule has 0 radical (unpaired) electrons. The molecule has 4 fully saturated rings. The smallest absolute Gasteiger partial charge is 0.138 e. The molecular formula is C30H48O. The Hall–Kier alpha value is -0.590. The number of rotatable bonds is 0. The van der Waals surface area contributed by atoms with Gasteiger partial charge in [0, 0.05) is 11.8 Å². The Labute approximate surface area is 192 Å². The van der Waals surface area contributed by atoms with Crippen LogP contribution in [0.5, 0.6) is 0 Å². The molecule has 0 aliphatic heterocycles. The molecule has 1 nitrogen and oxygen atoms in total. The molecule has 0 amide bonds. The van der Waals surface area contributed by atoms with E-state index in [4.69, 9.17) is 0 Å². The van der Waals surface area contributed by atoms with Crippen LogP contribution < -0.4 is 0 Å². The molecule has 0 aromatic heterocycles. The Morgan fingerprint density at radius 1 is 0.806 bits per heavy atom. The van der Waals surface area contributed by atoms with Gasteiger partial charge >= 0.3 is 0 Å². The van der Waals surface area contributed by atoms with E-state index in [-0.39, 0.29) is 5.41 Å². The lowest BCUT2D eigenvalue weighted by molar-refractivity contribution is -0.184. The third kappa shape index (κ3) is 2.70. The highest BCUT2D eigenvalue weighted by Gasteiger charge is 2.67. The van der Waals surface area contributed by atoms with Gasteiger partial charge in [0.25, 0.3) is 0 Å². The topological polar surface area (TPSA) is 17.1 Å². The average molecular weight is 425 g/mol. The lowest BCUT2D eigenvalue weighted by Crippen LogP contribution is -2.64. The number of hydrogen-bond donors (Lipinski definition) is 0. The molecular weight excluding hydrogens is 376 g/mol. The van der Waals surface area contributed by atoms with Crippen LogP contribution in [0.25, 0.3) is 0 Å². The zero-order valence-electron chi connectivity index (χ0n) is 21.8. The number of allylic oxidation sites excluding steroid dienone is 2. The van der Waals surface area contributed by atoms with Crippen molar-refractivity contribution >= 4 is 5.78 Å². The summed E-state index contributed by atoms with van der Waals surface area (Å²) in [5.74, 6) is 2.58. The van der Waals surface area contributed by atoms with Crippen LogP contribution in [0.1, 0.15) is 120 Å². The monoisotopic (exact) mass is 424 g/mol. The number of ketones is 1. The van der Waals surface area contributed by atoms with Gasteiger partial charge in [0.05, 0.1) is 0 Å². The van der Waals surface area contributed by atoms with Crippen LogP contribution in [-0.4, -0.2) is 5.78 Å². The first-order valence-electron chi connectivity index (χ1n) is 13.4. The van der Waals surface area contributed by atoms with E-state index >= 15 is 0 Å². The standard InChI is InChI=1S/C30H48O/c1-25(2)15-16-27(5)17-18-29(7)20(21(27)19-25)9-10-23-28(6)13-12-24(31)26(3,4)22(28)11-14-30(23,29)8/h9,21-23H,10-19H2,1-8H3/t21-,22-,23-,27+,28-,29+,30+/m0/s1. The van der Waals surface area contributed by atoms with E-state index in [0.29, 0.717) is 38.8 Å². The molecule has 0 bridgehead atoms. The quantitative estimate of drug-likeness (QED) is 0.357. The van der Waals surface area contributed by atoms with Crippen LogP contribution in [0.3, 0.4) is 0 Å². The highest BCUT2D eigenvalue weighted by Crippen LogP contribution is 2.75. The van der Waals surface area contributed by atoms with Gasteiger partial charge in [0.15, 0.2) is 0 Å². The van der Waals surface area contributed by atoms with Crippen molar-refractivity contribution in [3.63, 3.8) is 0 Å². The van der Waals surface area contributed by atoms with E-state index in [0.717, 1.165) is 24.7 Å². The zero-order valence-corrected chi connectivity index (χ0v) is 21.8. The highest BCUT2D eigenvalue weighted by atomic mass is 16.1. The van der Waals surface area contributed by atoms with Crippen LogP contribution in [0.4, 0.5) is 0 Å². The van der Waals surface area contributed by atoms with Crippen molar-refractivity contribution in [1.82, 2.24) is 0 Å². The van der Waals surface area contributed by atoms with Crippen molar-refractivity contribution in [3.05, 3.63) is 11.6 Å². The van der Waals surface area contributed by atoms with Crippen LogP contribution in [0.2, 0.25) is 0 Å². The van der Waals surface area contributed by atoms with Crippen LogP contribution in [-0.2, 0) is 4.79 Å². The molecule has 0 saturated heterocycles. The third-order valence-electron chi connectivity index (χ3n) is 12.8. The second-order valence-electron chi connectivity index (χ2n) is 15.0. The Morgan fingerprint density at radius 2 is 1.48 bits per heavy atom. The number of carbonyl (C=O) groups excluding carboxylic acids is 1. The lowest BCUT2D eigenvalue weighted by atomic mass is 9.34. The fraction of sp³-hybridized carbons (Fsp3) is 0.900. The Balaban J connectivity index is 1.58. The minimum atomic E-state index is -0.141. The molecule has 0 aromatic rings. The summed E-state index contributed by atoms with van der Waals surface area (Å²) in [4.78, 5) is 12.9. The number of fused-ring (bicyclic) bond motifs is 7. The summed E-state index contributed by atoms with van der Waals surface area (Å²) in [6.45, 7) is 20.1. The molecule has 0 aromatic carbocycles. The molecule has 1 heteroatoms. The summed E-state index contributed by atoms with van der Waals surface area (Å²) in [6.07, 6.45) is 15.5. The summed E-state index contributed by atoms with van der Waals surface area (Å²) in [5, 5.41) is 0. The fourth-order valence-corrected chi connectivity index (χ4v) is 10.3. The van der Waals surface area contributed by atoms with Crippen molar-refractivity contribution < 1.29 is 4.79 Å². The molecule has 7 atom stereocenters. The van der Waals surface area contributed by atoms with Crippen LogP contribution in [0.15, 0.2) is 11.6 Å². The van der Waals surface area contributed by atoms with Crippen molar-refractivity contribution in [1.29, 1.82) is 0 Å². The summed E-state index contributed by atoms with van der Waals surface area (Å²) in [7, 11) is 0. The molecule has 5 aliphatic rings. The Bertz CT molecular complexity index is 831. The van der Waals surface area contributed by atoms with Crippen molar-refractivity contribution in [2.45, 2.75) is 120 Å². The molecule has 5 aliphatic carbocycles. The maximum atomic E-state index is 12.9. The molecule has 0 unspecified atom stereocenters. The van der Waals surface area contributed by atoms with Gasteiger partial charge in [-0.1, -0.05) is 67.0 Å². The lowest BCUT2D eigenvalue weighted by Gasteiger charge is -2.70. The van der Waals surface area contributed by atoms with E-state index in [2.05, 4.69) is 61.5 Å². The SMILES string of the molecule is CC1(C)CC[C@]2(C)CC[C@]3(C)C(=CC[C@H]4[C@@]5(C)CCC(=O)C(C)(C)[C@@H]5CC[C@]43C)[C@@H]2C1. The van der Waals surface area contributed by atoms with Gasteiger partial charge in [-0.05, 0) is 103 Å². The molecule has 31 heavy (non-hydrogen) atoms. The van der Waals surface area contributed by atoms with Crippen LogP contribution >= 0.6 is 0 Å². The fourth-order valence-electron chi connectivity index (χ4n) is 10.3. The van der Waals surface area contributed by atoms with Crippen molar-refractivity contribution in [2.24, 2.45) is 50.2 Å². The third-order valence-corrected chi connectivity index (χ3v) is 12.8. The second kappa shape index (κ2) is 6.29. The maximum Gasteiger partial charge on any atom is 0.138 e. The normalized spacial score (nSPS) is 52.8. The Kier molecular flexibility index (Phi) is 4.51. The first-order valence-corrected chi connectivity index (χ1v) is 13.4. The zero-order chi connectivity index (χ0) is 22.7. The molecule has 4 saturated carbocycles. The van der Waals surface area contributed by atoms with E-state index < -0.39 is 0 Å². The second-order valence-corrected chi connectivity index (χ2v) is 15.0. The predicted molar refractivity (Wildman–Crippen MR) is 130 cm³/mol. The Morgan fingerprint density at radius 3 is 2.19 bits per heavy atom. The average Bonchev–Trinajstić information content (AvgIpc) is 2.67. The number of hydrogen-bond acceptors (Lipinski definition) is 1. The minimum Gasteiger partial charge on any atom is -0.299 e. The van der Waals surface area contributed by atoms with Crippen molar-refractivity contribution in [3.8, 4) is 0 Å². The van der Waals surface area contributed by atoms with Gasteiger partial charge in [0.2, 0.25) is 0 Å². The molecule has 0 spiro atoms. The summed E-state index contributed by atoms with van der Waals surface area (Å²) in [5.41, 5.74) is 3.75. The predicted octanol–water partition coefficient (Wildman–Crippen LogP) is 8.38. The largest absolute Gasteiger partial charge is 0.299 e. The first kappa shape index (κ1) is 22.2. The molecule has 0 N–H and O–H groups in total. The summed E-state index contributed by atoms with van der Waals surface area (Å²) in [6, 6.07) is 0. The van der Waals surface area contributed by atoms with E-state index in [9.17, 15) is 4.79 Å². The van der Waals surface area contributed by atoms with Gasteiger partial charge in [-0.25, -0.2) is 0 Å². The summed E-state index contributed by atoms with van der Waals surface area (Å²) < 4.78 is 0. The number of carbonyl (C=O) groups is 1. The van der Waals surface area contributed by atoms with Gasteiger partial charge < -0.3 is 0 Å². The molecule has 5 rings (SSSR count). The summed E-state index contributed by atoms with van der Waals surface area (Å²) >= 11 is 0. The molecule has 0 heterocycles. The molecule has 174 valence electrons. The highest BCUT2D eigenvalue weighted by molar-refractivity contribution is 5.85. The minimum absolute atomic E-state index is 0.141. The van der Waals surface area contributed by atoms with Crippen molar-refractivity contribution in [2.75, 3.05) is 0 Å². The van der Waals surface area contributed by atoms with Crippen LogP contribution in [0, 0.1) is 50.2 Å². The van der Waals surface area contributed by atoms with Gasteiger partial charge in [0.1, 0.15) is 5.78 Å². The first-order chi connectivity index (χ1) is 14.2. The van der Waals surface area contributed by atoms with E-state index in [1.807, 2.05) is 5.57 Å². The number of Topliss-reactive ketones (excluding diaryl/α,β-unsaturated/α-hetero) is 1. The van der Waals surface area contributed by atoms with Gasteiger partial charge in [-0.15, -0.1) is 0 Å².